The van der Waals surface area contributed by atoms with E-state index < -0.39 is 0 Å². The van der Waals surface area contributed by atoms with E-state index in [9.17, 15) is 0 Å². The number of thioether (sulfide) groups is 1. The van der Waals surface area contributed by atoms with Crippen molar-refractivity contribution in [3.63, 3.8) is 0 Å². The van der Waals surface area contributed by atoms with Gasteiger partial charge in [-0.1, -0.05) is 81.8 Å². The molecule has 1 aliphatic rings. The Morgan fingerprint density at radius 2 is 1.67 bits per heavy atom. The summed E-state index contributed by atoms with van der Waals surface area (Å²) < 4.78 is 2.37. The average Bonchev–Trinajstić information content (AvgIpc) is 3.41. The van der Waals surface area contributed by atoms with E-state index in [1.54, 1.807) is 11.8 Å². The largest absolute Gasteiger partial charge is 0.299 e. The summed E-state index contributed by atoms with van der Waals surface area (Å²) in [6.07, 6.45) is 4.92. The Hall–Kier alpha value is -2.58. The third kappa shape index (κ3) is 4.44. The highest BCUT2D eigenvalue weighted by molar-refractivity contribution is 7.98. The van der Waals surface area contributed by atoms with E-state index in [1.165, 1.54) is 36.8 Å². The first-order valence-electron chi connectivity index (χ1n) is 10.6. The van der Waals surface area contributed by atoms with Gasteiger partial charge in [-0.3, -0.25) is 4.57 Å². The lowest BCUT2D eigenvalue weighted by Crippen LogP contribution is -2.11. The molecule has 3 aromatic rings. The third-order valence-corrected chi connectivity index (χ3v) is 6.83. The van der Waals surface area contributed by atoms with Crippen LogP contribution in [0.15, 0.2) is 53.7 Å². The minimum Gasteiger partial charge on any atom is -0.299 e. The molecule has 0 aliphatic heterocycles. The molecule has 2 aromatic carbocycles. The lowest BCUT2D eigenvalue weighted by atomic mass is 9.86. The van der Waals surface area contributed by atoms with E-state index in [0.717, 1.165) is 22.3 Å². The van der Waals surface area contributed by atoms with E-state index in [-0.39, 0.29) is 5.41 Å². The maximum absolute atomic E-state index is 8.99. The first-order valence-corrected chi connectivity index (χ1v) is 11.6. The van der Waals surface area contributed by atoms with E-state index in [4.69, 9.17) is 5.26 Å². The summed E-state index contributed by atoms with van der Waals surface area (Å²) >= 11 is 1.73. The minimum absolute atomic E-state index is 0.139. The van der Waals surface area contributed by atoms with Gasteiger partial charge in [0, 0.05) is 17.4 Å². The highest BCUT2D eigenvalue weighted by Crippen LogP contribution is 2.37. The fourth-order valence-corrected chi connectivity index (χ4v) is 4.97. The first-order chi connectivity index (χ1) is 14.5. The number of hydrogen-bond acceptors (Lipinski definition) is 4. The van der Waals surface area contributed by atoms with Crippen LogP contribution in [0, 0.1) is 11.3 Å². The topological polar surface area (TPSA) is 54.5 Å². The van der Waals surface area contributed by atoms with Crippen LogP contribution in [0.3, 0.4) is 0 Å². The highest BCUT2D eigenvalue weighted by atomic mass is 32.2. The molecule has 5 heteroatoms. The van der Waals surface area contributed by atoms with Gasteiger partial charge < -0.3 is 0 Å². The van der Waals surface area contributed by atoms with Gasteiger partial charge in [0.2, 0.25) is 0 Å². The molecular weight excluding hydrogens is 388 g/mol. The molecule has 1 aliphatic carbocycles. The van der Waals surface area contributed by atoms with Gasteiger partial charge in [-0.15, -0.1) is 10.2 Å². The molecule has 0 unspecified atom stereocenters. The van der Waals surface area contributed by atoms with E-state index in [0.29, 0.717) is 11.6 Å². The number of nitrogens with zero attached hydrogens (tertiary/aromatic N) is 4. The Morgan fingerprint density at radius 3 is 2.27 bits per heavy atom. The molecule has 0 saturated heterocycles. The summed E-state index contributed by atoms with van der Waals surface area (Å²) in [4.78, 5) is 0. The van der Waals surface area contributed by atoms with Crippen LogP contribution in [0.4, 0.5) is 0 Å². The van der Waals surface area contributed by atoms with Gasteiger partial charge in [-0.05, 0) is 41.5 Å². The van der Waals surface area contributed by atoms with Crippen molar-refractivity contribution < 1.29 is 0 Å². The van der Waals surface area contributed by atoms with Gasteiger partial charge in [-0.2, -0.15) is 5.26 Å². The molecule has 30 heavy (non-hydrogen) atoms. The van der Waals surface area contributed by atoms with Crippen molar-refractivity contribution in [2.75, 3.05) is 0 Å². The van der Waals surface area contributed by atoms with Crippen molar-refractivity contribution in [2.24, 2.45) is 0 Å². The molecule has 1 saturated carbocycles. The van der Waals surface area contributed by atoms with Crippen LogP contribution in [0.2, 0.25) is 0 Å². The lowest BCUT2D eigenvalue weighted by Gasteiger charge is -2.20. The minimum atomic E-state index is 0.139. The monoisotopic (exact) mass is 416 g/mol. The zero-order valence-electron chi connectivity index (χ0n) is 17.9. The first kappa shape index (κ1) is 20.7. The zero-order chi connectivity index (χ0) is 21.1. The summed E-state index contributed by atoms with van der Waals surface area (Å²) in [7, 11) is 0. The normalized spacial score (nSPS) is 14.7. The molecule has 4 rings (SSSR count). The summed E-state index contributed by atoms with van der Waals surface area (Å²) in [5, 5.41) is 19.2. The molecule has 1 fully saturated rings. The van der Waals surface area contributed by atoms with Crippen LogP contribution in [0.5, 0.6) is 0 Å². The Morgan fingerprint density at radius 1 is 1.00 bits per heavy atom. The Bertz CT molecular complexity index is 1030. The van der Waals surface area contributed by atoms with Gasteiger partial charge >= 0.3 is 0 Å². The van der Waals surface area contributed by atoms with Gasteiger partial charge in [0.15, 0.2) is 11.0 Å². The second-order valence-electron chi connectivity index (χ2n) is 9.04. The van der Waals surface area contributed by atoms with Crippen LogP contribution < -0.4 is 0 Å². The predicted octanol–water partition coefficient (Wildman–Crippen LogP) is 6.52. The number of hydrogen-bond donors (Lipinski definition) is 0. The van der Waals surface area contributed by atoms with Gasteiger partial charge in [0.1, 0.15) is 0 Å². The summed E-state index contributed by atoms with van der Waals surface area (Å²) in [6, 6.07) is 19.2. The second-order valence-corrected chi connectivity index (χ2v) is 9.98. The van der Waals surface area contributed by atoms with Crippen LogP contribution in [0.1, 0.15) is 69.2 Å². The maximum atomic E-state index is 8.99. The van der Waals surface area contributed by atoms with E-state index >= 15 is 0 Å². The van der Waals surface area contributed by atoms with Gasteiger partial charge in [0.05, 0.1) is 11.6 Å². The van der Waals surface area contributed by atoms with Crippen molar-refractivity contribution in [3.8, 4) is 17.5 Å². The number of nitriles is 1. The molecule has 1 aromatic heterocycles. The quantitative estimate of drug-likeness (QED) is 0.444. The SMILES string of the molecule is CC(C)(C)c1ccc(-c2nnc(SCc3ccc(C#N)cc3)n2C2CCCC2)cc1. The highest BCUT2D eigenvalue weighted by Gasteiger charge is 2.25. The van der Waals surface area contributed by atoms with Crippen molar-refractivity contribution in [1.82, 2.24) is 14.8 Å². The standard InChI is InChI=1S/C25H28N4S/c1-25(2,3)21-14-12-20(13-15-21)23-27-28-24(29(23)22-6-4-5-7-22)30-17-19-10-8-18(16-26)9-11-19/h8-15,22H,4-7,17H2,1-3H3. The zero-order valence-corrected chi connectivity index (χ0v) is 18.7. The summed E-state index contributed by atoms with van der Waals surface area (Å²) in [5.41, 5.74) is 4.48. The van der Waals surface area contributed by atoms with Crippen LogP contribution in [-0.4, -0.2) is 14.8 Å². The molecular formula is C25H28N4S. The Balaban J connectivity index is 1.61. The number of aromatic nitrogens is 3. The smallest absolute Gasteiger partial charge is 0.192 e. The second kappa shape index (κ2) is 8.65. The van der Waals surface area contributed by atoms with Crippen LogP contribution in [0.25, 0.3) is 11.4 Å². The van der Waals surface area contributed by atoms with E-state index in [1.807, 2.05) is 24.3 Å². The van der Waals surface area contributed by atoms with Crippen LogP contribution in [-0.2, 0) is 11.2 Å². The molecule has 0 amide bonds. The van der Waals surface area contributed by atoms with Gasteiger partial charge in [0.25, 0.3) is 0 Å². The molecule has 0 N–H and O–H groups in total. The molecule has 0 atom stereocenters. The van der Waals surface area contributed by atoms with Crippen molar-refractivity contribution in [3.05, 3.63) is 65.2 Å². The lowest BCUT2D eigenvalue weighted by molar-refractivity contribution is 0.485. The predicted molar refractivity (Wildman–Crippen MR) is 122 cm³/mol. The Kier molecular flexibility index (Phi) is 5.97. The van der Waals surface area contributed by atoms with E-state index in [2.05, 4.69) is 65.9 Å². The molecule has 1 heterocycles. The fraction of sp³-hybridized carbons (Fsp3) is 0.400. The molecule has 0 radical (unpaired) electrons. The fourth-order valence-electron chi connectivity index (χ4n) is 4.01. The van der Waals surface area contributed by atoms with Crippen molar-refractivity contribution in [2.45, 2.75) is 68.8 Å². The van der Waals surface area contributed by atoms with Crippen molar-refractivity contribution in [1.29, 1.82) is 5.26 Å². The summed E-state index contributed by atoms with van der Waals surface area (Å²) in [6.45, 7) is 6.71. The maximum Gasteiger partial charge on any atom is 0.192 e. The average molecular weight is 417 g/mol. The van der Waals surface area contributed by atoms with Crippen LogP contribution >= 0.6 is 11.8 Å². The van der Waals surface area contributed by atoms with Gasteiger partial charge in [-0.25, -0.2) is 0 Å². The molecule has 0 spiro atoms. The molecule has 0 bridgehead atoms. The Labute approximate surface area is 183 Å². The number of rotatable bonds is 5. The molecule has 154 valence electrons. The third-order valence-electron chi connectivity index (χ3n) is 5.81. The molecule has 4 nitrogen and oxygen atoms in total. The number of benzene rings is 2. The van der Waals surface area contributed by atoms with Crippen molar-refractivity contribution >= 4 is 11.8 Å². The summed E-state index contributed by atoms with van der Waals surface area (Å²) in [5.74, 6) is 1.80.